The fourth-order valence-corrected chi connectivity index (χ4v) is 2.91. The molecule has 1 saturated heterocycles. The van der Waals surface area contributed by atoms with Crippen molar-refractivity contribution in [3.63, 3.8) is 0 Å². The van der Waals surface area contributed by atoms with Gasteiger partial charge in [-0.05, 0) is 18.8 Å². The molecule has 1 fully saturated rings. The van der Waals surface area contributed by atoms with Crippen LogP contribution in [-0.4, -0.2) is 60.2 Å². The van der Waals surface area contributed by atoms with Crippen LogP contribution in [0.1, 0.15) is 52.0 Å². The fourth-order valence-electron chi connectivity index (χ4n) is 2.91. The highest BCUT2D eigenvalue weighted by Gasteiger charge is 2.20. The third-order valence-corrected chi connectivity index (χ3v) is 4.18. The molecule has 0 spiro atoms. The van der Waals surface area contributed by atoms with Crippen molar-refractivity contribution in [2.24, 2.45) is 10.9 Å². The van der Waals surface area contributed by atoms with E-state index >= 15 is 0 Å². The Labute approximate surface area is 146 Å². The molecule has 24 heavy (non-hydrogen) atoms. The molecule has 1 aromatic rings. The predicted octanol–water partition coefficient (Wildman–Crippen LogP) is 2.54. The van der Waals surface area contributed by atoms with E-state index in [1.807, 2.05) is 6.07 Å². The van der Waals surface area contributed by atoms with E-state index in [-0.39, 0.29) is 0 Å². The van der Waals surface area contributed by atoms with Gasteiger partial charge in [0.1, 0.15) is 6.54 Å². The van der Waals surface area contributed by atoms with Crippen LogP contribution in [0, 0.1) is 5.92 Å². The summed E-state index contributed by atoms with van der Waals surface area (Å²) in [6.45, 7) is 17.7. The number of nitrogens with one attached hydrogen (secondary N) is 1. The summed E-state index contributed by atoms with van der Waals surface area (Å²) in [6.07, 6.45) is 0. The maximum Gasteiger partial charge on any atom is 0.194 e. The Kier molecular flexibility index (Phi) is 7.09. The van der Waals surface area contributed by atoms with E-state index in [2.05, 4.69) is 54.9 Å². The summed E-state index contributed by atoms with van der Waals surface area (Å²) in [7, 11) is 0. The van der Waals surface area contributed by atoms with Crippen LogP contribution in [0.25, 0.3) is 0 Å². The molecule has 0 atom stereocenters. The Bertz CT molecular complexity index is 515. The van der Waals surface area contributed by atoms with Gasteiger partial charge in [0.2, 0.25) is 0 Å². The summed E-state index contributed by atoms with van der Waals surface area (Å²) in [4.78, 5) is 9.63. The van der Waals surface area contributed by atoms with Crippen LogP contribution >= 0.6 is 0 Å². The normalized spacial score (nSPS) is 17.1. The quantitative estimate of drug-likeness (QED) is 0.639. The van der Waals surface area contributed by atoms with Crippen LogP contribution in [0.3, 0.4) is 0 Å². The molecule has 1 aliphatic heterocycles. The molecule has 2 heterocycles. The molecule has 1 aliphatic rings. The molecule has 0 aromatic carbocycles. The lowest BCUT2D eigenvalue weighted by molar-refractivity contribution is 0.164. The lowest BCUT2D eigenvalue weighted by atomic mass is 10.1. The van der Waals surface area contributed by atoms with E-state index in [0.29, 0.717) is 12.5 Å². The molecule has 0 bridgehead atoms. The summed E-state index contributed by atoms with van der Waals surface area (Å²) < 4.78 is 5.39. The number of nitrogens with zero attached hydrogens (tertiary/aromatic N) is 4. The van der Waals surface area contributed by atoms with Crippen molar-refractivity contribution < 1.29 is 4.52 Å². The third kappa shape index (κ3) is 5.51. The van der Waals surface area contributed by atoms with E-state index in [1.54, 1.807) is 0 Å². The molecule has 6 nitrogen and oxygen atoms in total. The number of guanidine groups is 1. The molecule has 0 amide bonds. The molecule has 0 aliphatic carbocycles. The molecule has 1 N–H and O–H groups in total. The molecule has 6 heteroatoms. The molecule has 0 unspecified atom stereocenters. The first kappa shape index (κ1) is 18.8. The lowest BCUT2D eigenvalue weighted by Crippen LogP contribution is -2.53. The molecular weight excluding hydrogens is 302 g/mol. The summed E-state index contributed by atoms with van der Waals surface area (Å²) in [5.74, 6) is 2.91. The van der Waals surface area contributed by atoms with Gasteiger partial charge in [0.25, 0.3) is 0 Å². The van der Waals surface area contributed by atoms with E-state index in [0.717, 1.165) is 56.1 Å². The Balaban J connectivity index is 1.93. The zero-order chi connectivity index (χ0) is 17.5. The minimum atomic E-state index is 0.383. The Hall–Kier alpha value is -1.56. The van der Waals surface area contributed by atoms with Crippen molar-refractivity contribution >= 4 is 5.96 Å². The Morgan fingerprint density at radius 2 is 1.96 bits per heavy atom. The van der Waals surface area contributed by atoms with Gasteiger partial charge in [-0.25, -0.2) is 4.99 Å². The van der Waals surface area contributed by atoms with Gasteiger partial charge in [-0.15, -0.1) is 0 Å². The van der Waals surface area contributed by atoms with Crippen LogP contribution in [0.5, 0.6) is 0 Å². The predicted molar refractivity (Wildman–Crippen MR) is 98.3 cm³/mol. The zero-order valence-corrected chi connectivity index (χ0v) is 15.9. The van der Waals surface area contributed by atoms with Gasteiger partial charge in [0, 0.05) is 45.3 Å². The van der Waals surface area contributed by atoms with Gasteiger partial charge in [-0.1, -0.05) is 32.9 Å². The van der Waals surface area contributed by atoms with Crippen LogP contribution in [0.2, 0.25) is 0 Å². The van der Waals surface area contributed by atoms with Crippen molar-refractivity contribution in [3.05, 3.63) is 17.5 Å². The molecule has 2 rings (SSSR count). The van der Waals surface area contributed by atoms with Gasteiger partial charge in [-0.2, -0.15) is 0 Å². The van der Waals surface area contributed by atoms with Crippen molar-refractivity contribution in [3.8, 4) is 0 Å². The third-order valence-electron chi connectivity index (χ3n) is 4.18. The van der Waals surface area contributed by atoms with Gasteiger partial charge in [0.15, 0.2) is 11.7 Å². The van der Waals surface area contributed by atoms with Crippen LogP contribution < -0.4 is 5.32 Å². The lowest BCUT2D eigenvalue weighted by Gasteiger charge is -2.37. The second-order valence-corrected chi connectivity index (χ2v) is 7.22. The average molecular weight is 335 g/mol. The number of aliphatic imine (C=N–C) groups is 1. The maximum atomic E-state index is 5.39. The maximum absolute atomic E-state index is 5.39. The molecule has 1 aromatic heterocycles. The van der Waals surface area contributed by atoms with Gasteiger partial charge < -0.3 is 14.7 Å². The average Bonchev–Trinajstić information content (AvgIpc) is 3.01. The smallest absolute Gasteiger partial charge is 0.194 e. The first-order chi connectivity index (χ1) is 11.5. The van der Waals surface area contributed by atoms with E-state index in [1.165, 1.54) is 6.54 Å². The fraction of sp³-hybridized carbons (Fsp3) is 0.778. The number of hydrogen-bond donors (Lipinski definition) is 1. The van der Waals surface area contributed by atoms with Crippen molar-refractivity contribution in [1.82, 2.24) is 20.3 Å². The van der Waals surface area contributed by atoms with E-state index in [4.69, 9.17) is 9.52 Å². The van der Waals surface area contributed by atoms with Gasteiger partial charge in [0.05, 0.1) is 5.69 Å². The van der Waals surface area contributed by atoms with Crippen molar-refractivity contribution in [1.29, 1.82) is 0 Å². The topological polar surface area (TPSA) is 56.9 Å². The molecular formula is C18H33N5O. The Morgan fingerprint density at radius 1 is 1.25 bits per heavy atom. The highest BCUT2D eigenvalue weighted by Crippen LogP contribution is 2.15. The zero-order valence-electron chi connectivity index (χ0n) is 15.9. The first-order valence-corrected chi connectivity index (χ1v) is 9.20. The van der Waals surface area contributed by atoms with Crippen molar-refractivity contribution in [2.75, 3.05) is 39.3 Å². The summed E-state index contributed by atoms with van der Waals surface area (Å²) in [5.41, 5.74) is 0.993. The molecule has 136 valence electrons. The van der Waals surface area contributed by atoms with Crippen LogP contribution in [0.4, 0.5) is 0 Å². The minimum Gasteiger partial charge on any atom is -0.359 e. The van der Waals surface area contributed by atoms with Gasteiger partial charge in [-0.3, -0.25) is 4.90 Å². The van der Waals surface area contributed by atoms with E-state index in [9.17, 15) is 0 Å². The van der Waals surface area contributed by atoms with Crippen LogP contribution in [0.15, 0.2) is 15.6 Å². The minimum absolute atomic E-state index is 0.383. The molecule has 0 saturated carbocycles. The largest absolute Gasteiger partial charge is 0.359 e. The van der Waals surface area contributed by atoms with Crippen molar-refractivity contribution in [2.45, 2.75) is 47.1 Å². The first-order valence-electron chi connectivity index (χ1n) is 9.20. The SMILES string of the molecule is CCNC(=NCc1cc(C(C)C)no1)N1CCN(CC(C)C)CC1. The van der Waals surface area contributed by atoms with Crippen LogP contribution in [-0.2, 0) is 6.54 Å². The number of hydrogen-bond acceptors (Lipinski definition) is 4. The second-order valence-electron chi connectivity index (χ2n) is 7.22. The highest BCUT2D eigenvalue weighted by molar-refractivity contribution is 5.80. The number of aromatic nitrogens is 1. The Morgan fingerprint density at radius 3 is 2.50 bits per heavy atom. The van der Waals surface area contributed by atoms with Gasteiger partial charge >= 0.3 is 0 Å². The molecule has 0 radical (unpaired) electrons. The van der Waals surface area contributed by atoms with E-state index < -0.39 is 0 Å². The summed E-state index contributed by atoms with van der Waals surface area (Å²) in [6, 6.07) is 2.01. The number of piperazine rings is 1. The summed E-state index contributed by atoms with van der Waals surface area (Å²) >= 11 is 0. The standard InChI is InChI=1S/C18H33N5O/c1-6-19-18(20-12-16-11-17(15(4)5)21-24-16)23-9-7-22(8-10-23)13-14(2)3/h11,14-15H,6-10,12-13H2,1-5H3,(H,19,20). The second kappa shape index (κ2) is 9.06. The summed E-state index contributed by atoms with van der Waals surface area (Å²) in [5, 5.41) is 7.51. The number of rotatable bonds is 6. The highest BCUT2D eigenvalue weighted by atomic mass is 16.5. The monoisotopic (exact) mass is 335 g/mol.